The molecule has 0 bridgehead atoms. The van der Waals surface area contributed by atoms with Crippen molar-refractivity contribution in [3.63, 3.8) is 0 Å². The lowest BCUT2D eigenvalue weighted by Crippen LogP contribution is -2.12. The second-order valence-corrected chi connectivity index (χ2v) is 5.05. The van der Waals surface area contributed by atoms with Gasteiger partial charge in [0.1, 0.15) is 0 Å². The predicted octanol–water partition coefficient (Wildman–Crippen LogP) is 4.66. The summed E-state index contributed by atoms with van der Waals surface area (Å²) in [4.78, 5) is 0. The van der Waals surface area contributed by atoms with Crippen molar-refractivity contribution in [3.8, 4) is 0 Å². The number of unbranched alkanes of at least 4 members (excludes halogenated alkanes) is 4. The molecule has 0 radical (unpaired) electrons. The zero-order valence-electron chi connectivity index (χ0n) is 11.2. The zero-order valence-corrected chi connectivity index (χ0v) is 11.2. The lowest BCUT2D eigenvalue weighted by atomic mass is 9.99. The number of hydrogen-bond acceptors (Lipinski definition) is 1. The summed E-state index contributed by atoms with van der Waals surface area (Å²) in [5, 5.41) is 0. The molecule has 0 atom stereocenters. The SMILES string of the molecule is CCCCCCC.COCC(C)(C)C. The molecule has 0 N–H and O–H groups in total. The van der Waals surface area contributed by atoms with Crippen molar-refractivity contribution in [2.24, 2.45) is 5.41 Å². The van der Waals surface area contributed by atoms with Gasteiger partial charge in [-0.25, -0.2) is 0 Å². The van der Waals surface area contributed by atoms with E-state index in [0.717, 1.165) is 6.61 Å². The van der Waals surface area contributed by atoms with E-state index in [2.05, 4.69) is 34.6 Å². The van der Waals surface area contributed by atoms with Crippen molar-refractivity contribution in [2.45, 2.75) is 66.7 Å². The maximum absolute atomic E-state index is 4.91. The first-order chi connectivity index (χ1) is 6.47. The molecule has 0 unspecified atom stereocenters. The van der Waals surface area contributed by atoms with Crippen molar-refractivity contribution in [1.82, 2.24) is 0 Å². The maximum atomic E-state index is 4.91. The molecule has 0 rings (SSSR count). The maximum Gasteiger partial charge on any atom is 0.0510 e. The van der Waals surface area contributed by atoms with Gasteiger partial charge in [0, 0.05) is 7.11 Å². The van der Waals surface area contributed by atoms with Gasteiger partial charge in [-0.2, -0.15) is 0 Å². The molecule has 1 nitrogen and oxygen atoms in total. The molecule has 0 heterocycles. The smallest absolute Gasteiger partial charge is 0.0510 e. The first-order valence-electron chi connectivity index (χ1n) is 5.96. The van der Waals surface area contributed by atoms with Crippen LogP contribution in [0.15, 0.2) is 0 Å². The van der Waals surface area contributed by atoms with Crippen LogP contribution < -0.4 is 0 Å². The molecule has 0 saturated heterocycles. The van der Waals surface area contributed by atoms with Gasteiger partial charge >= 0.3 is 0 Å². The lowest BCUT2D eigenvalue weighted by Gasteiger charge is -2.15. The van der Waals surface area contributed by atoms with E-state index in [4.69, 9.17) is 4.74 Å². The van der Waals surface area contributed by atoms with Gasteiger partial charge in [-0.3, -0.25) is 0 Å². The molecular formula is C13H30O. The van der Waals surface area contributed by atoms with Crippen LogP contribution in [0.3, 0.4) is 0 Å². The van der Waals surface area contributed by atoms with Gasteiger partial charge in [0.05, 0.1) is 6.61 Å². The summed E-state index contributed by atoms with van der Waals surface area (Å²) in [6, 6.07) is 0. The Kier molecular flexibility index (Phi) is 12.9. The van der Waals surface area contributed by atoms with Crippen molar-refractivity contribution in [2.75, 3.05) is 13.7 Å². The second-order valence-electron chi connectivity index (χ2n) is 5.05. The first-order valence-corrected chi connectivity index (χ1v) is 5.96. The van der Waals surface area contributed by atoms with Crippen molar-refractivity contribution in [1.29, 1.82) is 0 Å². The van der Waals surface area contributed by atoms with Crippen molar-refractivity contribution < 1.29 is 4.74 Å². The molecule has 0 spiro atoms. The van der Waals surface area contributed by atoms with E-state index in [9.17, 15) is 0 Å². The van der Waals surface area contributed by atoms with Crippen LogP contribution in [0.1, 0.15) is 66.7 Å². The Bertz CT molecular complexity index is 87.9. The van der Waals surface area contributed by atoms with E-state index in [-0.39, 0.29) is 0 Å². The molecule has 0 aromatic carbocycles. The topological polar surface area (TPSA) is 9.23 Å². The standard InChI is InChI=1S/C7H16.C6H14O/c1-3-5-7-6-4-2;1-6(2,3)5-7-4/h3-7H2,1-2H3;5H2,1-4H3. The summed E-state index contributed by atoms with van der Waals surface area (Å²) in [6.07, 6.45) is 7.01. The van der Waals surface area contributed by atoms with E-state index >= 15 is 0 Å². The van der Waals surface area contributed by atoms with E-state index in [1.54, 1.807) is 7.11 Å². The monoisotopic (exact) mass is 202 g/mol. The van der Waals surface area contributed by atoms with Gasteiger partial charge < -0.3 is 4.74 Å². The molecule has 88 valence electrons. The van der Waals surface area contributed by atoms with Crippen molar-refractivity contribution >= 4 is 0 Å². The highest BCUT2D eigenvalue weighted by Gasteiger charge is 2.07. The summed E-state index contributed by atoms with van der Waals surface area (Å²) in [5.74, 6) is 0. The molecule has 14 heavy (non-hydrogen) atoms. The molecular weight excluding hydrogens is 172 g/mol. The van der Waals surface area contributed by atoms with Crippen LogP contribution in [0, 0.1) is 5.41 Å². The summed E-state index contributed by atoms with van der Waals surface area (Å²) in [5.41, 5.74) is 0.328. The Morgan fingerprint density at radius 2 is 1.29 bits per heavy atom. The summed E-state index contributed by atoms with van der Waals surface area (Å²) >= 11 is 0. The Morgan fingerprint density at radius 3 is 1.43 bits per heavy atom. The van der Waals surface area contributed by atoms with Gasteiger partial charge in [-0.15, -0.1) is 0 Å². The average Bonchev–Trinajstić information content (AvgIpc) is 2.04. The third-order valence-electron chi connectivity index (χ3n) is 1.78. The minimum absolute atomic E-state index is 0.328. The van der Waals surface area contributed by atoms with E-state index < -0.39 is 0 Å². The number of rotatable bonds is 5. The molecule has 0 aromatic heterocycles. The number of methoxy groups -OCH3 is 1. The first kappa shape index (κ1) is 16.4. The molecule has 0 amide bonds. The molecule has 0 aliphatic heterocycles. The quantitative estimate of drug-likeness (QED) is 0.589. The summed E-state index contributed by atoms with van der Waals surface area (Å²) in [6.45, 7) is 11.8. The van der Waals surface area contributed by atoms with Crippen molar-refractivity contribution in [3.05, 3.63) is 0 Å². The van der Waals surface area contributed by atoms with E-state index in [1.165, 1.54) is 32.1 Å². The Labute approximate surface area is 91.2 Å². The Balaban J connectivity index is 0. The van der Waals surface area contributed by atoms with Gasteiger partial charge in [0.2, 0.25) is 0 Å². The lowest BCUT2D eigenvalue weighted by molar-refractivity contribution is 0.116. The van der Waals surface area contributed by atoms with Gasteiger partial charge in [-0.1, -0.05) is 66.7 Å². The van der Waals surface area contributed by atoms with Crippen LogP contribution in [0.2, 0.25) is 0 Å². The molecule has 1 heteroatoms. The normalized spacial score (nSPS) is 10.7. The minimum Gasteiger partial charge on any atom is -0.384 e. The van der Waals surface area contributed by atoms with Crippen LogP contribution in [0.25, 0.3) is 0 Å². The van der Waals surface area contributed by atoms with Crippen LogP contribution in [-0.4, -0.2) is 13.7 Å². The highest BCUT2D eigenvalue weighted by molar-refractivity contribution is 4.57. The van der Waals surface area contributed by atoms with Crippen LogP contribution in [0.4, 0.5) is 0 Å². The predicted molar refractivity (Wildman–Crippen MR) is 65.8 cm³/mol. The molecule has 0 aliphatic carbocycles. The van der Waals surface area contributed by atoms with Gasteiger partial charge in [0.25, 0.3) is 0 Å². The van der Waals surface area contributed by atoms with Gasteiger partial charge in [-0.05, 0) is 5.41 Å². The van der Waals surface area contributed by atoms with Crippen LogP contribution in [0.5, 0.6) is 0 Å². The van der Waals surface area contributed by atoms with Crippen LogP contribution >= 0.6 is 0 Å². The van der Waals surface area contributed by atoms with E-state index in [0.29, 0.717) is 5.41 Å². The molecule has 0 saturated carbocycles. The fourth-order valence-corrected chi connectivity index (χ4v) is 1.11. The second kappa shape index (κ2) is 11.0. The third kappa shape index (κ3) is 22.7. The minimum atomic E-state index is 0.328. The fourth-order valence-electron chi connectivity index (χ4n) is 1.11. The zero-order chi connectivity index (χ0) is 11.4. The number of ether oxygens (including phenoxy) is 1. The Morgan fingerprint density at radius 1 is 0.857 bits per heavy atom. The average molecular weight is 202 g/mol. The Hall–Kier alpha value is -0.0400. The molecule has 0 fully saturated rings. The number of hydrogen-bond donors (Lipinski definition) is 0. The fraction of sp³-hybridized carbons (Fsp3) is 1.00. The summed E-state index contributed by atoms with van der Waals surface area (Å²) in [7, 11) is 1.73. The van der Waals surface area contributed by atoms with Gasteiger partial charge in [0.15, 0.2) is 0 Å². The molecule has 0 aromatic rings. The summed E-state index contributed by atoms with van der Waals surface area (Å²) < 4.78 is 4.91. The van der Waals surface area contributed by atoms with E-state index in [1.807, 2.05) is 0 Å². The largest absolute Gasteiger partial charge is 0.384 e. The molecule has 0 aliphatic rings. The highest BCUT2D eigenvalue weighted by Crippen LogP contribution is 2.11. The van der Waals surface area contributed by atoms with Crippen LogP contribution in [-0.2, 0) is 4.74 Å². The third-order valence-corrected chi connectivity index (χ3v) is 1.78. The highest BCUT2D eigenvalue weighted by atomic mass is 16.5.